The van der Waals surface area contributed by atoms with Gasteiger partial charge in [-0.25, -0.2) is 9.97 Å². The molecule has 0 saturated carbocycles. The molecule has 7 heteroatoms. The number of anilines is 1. The van der Waals surface area contributed by atoms with E-state index in [0.717, 1.165) is 17.1 Å². The van der Waals surface area contributed by atoms with Crippen molar-refractivity contribution >= 4 is 23.2 Å². The molecule has 2 aromatic heterocycles. The average molecular weight is 352 g/mol. The largest absolute Gasteiger partial charge is 0.331 e. The zero-order valence-corrected chi connectivity index (χ0v) is 14.4. The molecule has 0 aliphatic rings. The van der Waals surface area contributed by atoms with Gasteiger partial charge in [0.2, 0.25) is 0 Å². The maximum Gasteiger partial charge on any atom is 0.257 e. The lowest BCUT2D eigenvalue weighted by atomic mass is 10.1. The molecule has 0 spiro atoms. The van der Waals surface area contributed by atoms with Gasteiger partial charge in [0.25, 0.3) is 5.91 Å². The summed E-state index contributed by atoms with van der Waals surface area (Å²) in [6.07, 6.45) is 3.13. The summed E-state index contributed by atoms with van der Waals surface area (Å²) in [6.45, 7) is 1.95. The average Bonchev–Trinajstić information content (AvgIpc) is 2.95. The van der Waals surface area contributed by atoms with Crippen molar-refractivity contribution in [2.75, 3.05) is 5.32 Å². The fourth-order valence-electron chi connectivity index (χ4n) is 2.32. The quantitative estimate of drug-likeness (QED) is 0.781. The van der Waals surface area contributed by atoms with Gasteiger partial charge in [0.1, 0.15) is 17.6 Å². The maximum atomic E-state index is 12.3. The van der Waals surface area contributed by atoms with Gasteiger partial charge in [0.15, 0.2) is 0 Å². The molecule has 0 bridgehead atoms. The number of halogens is 1. The number of amides is 1. The molecule has 1 aromatic carbocycles. The van der Waals surface area contributed by atoms with Gasteiger partial charge >= 0.3 is 0 Å². The summed E-state index contributed by atoms with van der Waals surface area (Å²) in [4.78, 5) is 20.6. The number of nitriles is 1. The van der Waals surface area contributed by atoms with E-state index in [-0.39, 0.29) is 11.6 Å². The molecule has 0 saturated heterocycles. The SMILES string of the molecule is Cc1cnc(-c2cc(NC(=O)c3ccc(C#N)nc3)ccc2Cl)n1C. The van der Waals surface area contributed by atoms with Gasteiger partial charge < -0.3 is 9.88 Å². The van der Waals surface area contributed by atoms with Crippen molar-refractivity contribution in [3.05, 3.63) is 64.7 Å². The molecule has 0 fully saturated rings. The summed E-state index contributed by atoms with van der Waals surface area (Å²) >= 11 is 6.29. The molecule has 1 amide bonds. The summed E-state index contributed by atoms with van der Waals surface area (Å²) in [5.74, 6) is 0.403. The highest BCUT2D eigenvalue weighted by molar-refractivity contribution is 6.33. The van der Waals surface area contributed by atoms with E-state index in [1.54, 1.807) is 30.5 Å². The third-order valence-corrected chi connectivity index (χ3v) is 4.16. The van der Waals surface area contributed by atoms with Crippen LogP contribution in [-0.4, -0.2) is 20.4 Å². The molecule has 2 heterocycles. The Labute approximate surface area is 149 Å². The molecule has 124 valence electrons. The second-order valence-electron chi connectivity index (χ2n) is 5.47. The van der Waals surface area contributed by atoms with Crippen molar-refractivity contribution in [1.82, 2.24) is 14.5 Å². The summed E-state index contributed by atoms with van der Waals surface area (Å²) < 4.78 is 1.93. The Hall–Kier alpha value is -3.17. The Balaban J connectivity index is 1.88. The van der Waals surface area contributed by atoms with E-state index < -0.39 is 0 Å². The lowest BCUT2D eigenvalue weighted by molar-refractivity contribution is 0.102. The molecule has 6 nitrogen and oxygen atoms in total. The monoisotopic (exact) mass is 351 g/mol. The van der Waals surface area contributed by atoms with Gasteiger partial charge in [-0.05, 0) is 37.3 Å². The number of carbonyl (C=O) groups is 1. The number of nitrogens with zero attached hydrogens (tertiary/aromatic N) is 4. The van der Waals surface area contributed by atoms with Crippen molar-refractivity contribution in [2.45, 2.75) is 6.92 Å². The highest BCUT2D eigenvalue weighted by atomic mass is 35.5. The molecular formula is C18H14ClN5O. The van der Waals surface area contributed by atoms with Crippen molar-refractivity contribution in [3.63, 3.8) is 0 Å². The van der Waals surface area contributed by atoms with Crippen LogP contribution in [0.1, 0.15) is 21.7 Å². The van der Waals surface area contributed by atoms with Crippen molar-refractivity contribution < 1.29 is 4.79 Å². The first-order valence-corrected chi connectivity index (χ1v) is 7.83. The third-order valence-electron chi connectivity index (χ3n) is 3.83. The fraction of sp³-hybridized carbons (Fsp3) is 0.111. The molecule has 3 rings (SSSR count). The lowest BCUT2D eigenvalue weighted by Crippen LogP contribution is -2.12. The minimum Gasteiger partial charge on any atom is -0.331 e. The van der Waals surface area contributed by atoms with Crippen LogP contribution >= 0.6 is 11.6 Å². The standard InChI is InChI=1S/C18H14ClN5O/c1-11-9-22-17(24(11)2)15-7-13(5-6-16(15)19)23-18(25)12-3-4-14(8-20)21-10-12/h3-7,9-10H,1-2H3,(H,23,25). The molecule has 1 N–H and O–H groups in total. The molecule has 0 aliphatic heterocycles. The maximum absolute atomic E-state index is 12.3. The number of aromatic nitrogens is 3. The second-order valence-corrected chi connectivity index (χ2v) is 5.88. The number of pyridine rings is 1. The zero-order chi connectivity index (χ0) is 18.0. The summed E-state index contributed by atoms with van der Waals surface area (Å²) in [5, 5.41) is 12.1. The van der Waals surface area contributed by atoms with Gasteiger partial charge in [-0.2, -0.15) is 5.26 Å². The van der Waals surface area contributed by atoms with Gasteiger partial charge in [0, 0.05) is 36.4 Å². The summed E-state index contributed by atoms with van der Waals surface area (Å²) in [7, 11) is 1.90. The highest BCUT2D eigenvalue weighted by Crippen LogP contribution is 2.30. The minimum atomic E-state index is -0.318. The van der Waals surface area contributed by atoms with Gasteiger partial charge in [-0.3, -0.25) is 4.79 Å². The van der Waals surface area contributed by atoms with Crippen molar-refractivity contribution in [3.8, 4) is 17.5 Å². The number of carbonyl (C=O) groups excluding carboxylic acids is 1. The van der Waals surface area contributed by atoms with Crippen LogP contribution in [0, 0.1) is 18.3 Å². The summed E-state index contributed by atoms with van der Waals surface area (Å²) in [6, 6.07) is 10.2. The van der Waals surface area contributed by atoms with E-state index in [1.807, 2.05) is 24.6 Å². The van der Waals surface area contributed by atoms with Crippen molar-refractivity contribution in [2.24, 2.45) is 7.05 Å². The molecule has 3 aromatic rings. The smallest absolute Gasteiger partial charge is 0.257 e. The fourth-order valence-corrected chi connectivity index (χ4v) is 2.52. The van der Waals surface area contributed by atoms with E-state index in [9.17, 15) is 4.79 Å². The Bertz CT molecular complexity index is 986. The van der Waals surface area contributed by atoms with Crippen LogP contribution in [0.15, 0.2) is 42.7 Å². The summed E-state index contributed by atoms with van der Waals surface area (Å²) in [5.41, 5.74) is 2.95. The predicted octanol–water partition coefficient (Wildman–Crippen LogP) is 3.57. The zero-order valence-electron chi connectivity index (χ0n) is 13.6. The van der Waals surface area contributed by atoms with Crippen LogP contribution in [0.3, 0.4) is 0 Å². The second kappa shape index (κ2) is 6.75. The van der Waals surface area contributed by atoms with Crippen LogP contribution in [0.25, 0.3) is 11.4 Å². The first kappa shape index (κ1) is 16.7. The molecular weight excluding hydrogens is 338 g/mol. The lowest BCUT2D eigenvalue weighted by Gasteiger charge is -2.10. The van der Waals surface area contributed by atoms with E-state index in [4.69, 9.17) is 16.9 Å². The Morgan fingerprint density at radius 1 is 1.24 bits per heavy atom. The van der Waals surface area contributed by atoms with Gasteiger partial charge in [-0.1, -0.05) is 11.6 Å². The van der Waals surface area contributed by atoms with Crippen LogP contribution in [-0.2, 0) is 7.05 Å². The third kappa shape index (κ3) is 3.37. The van der Waals surface area contributed by atoms with Gasteiger partial charge in [0.05, 0.1) is 10.6 Å². The van der Waals surface area contributed by atoms with Gasteiger partial charge in [-0.15, -0.1) is 0 Å². The van der Waals surface area contributed by atoms with Crippen LogP contribution in [0.5, 0.6) is 0 Å². The Morgan fingerprint density at radius 3 is 2.64 bits per heavy atom. The molecule has 0 radical (unpaired) electrons. The molecule has 0 atom stereocenters. The predicted molar refractivity (Wildman–Crippen MR) is 95.3 cm³/mol. The Morgan fingerprint density at radius 2 is 2.04 bits per heavy atom. The van der Waals surface area contributed by atoms with E-state index in [2.05, 4.69) is 15.3 Å². The number of rotatable bonds is 3. The highest BCUT2D eigenvalue weighted by Gasteiger charge is 2.13. The minimum absolute atomic E-state index is 0.260. The van der Waals surface area contributed by atoms with Crippen LogP contribution in [0.2, 0.25) is 5.02 Å². The van der Waals surface area contributed by atoms with E-state index in [0.29, 0.717) is 16.3 Å². The normalized spacial score (nSPS) is 10.3. The number of nitrogens with one attached hydrogen (secondary N) is 1. The molecule has 0 aliphatic carbocycles. The van der Waals surface area contributed by atoms with Crippen molar-refractivity contribution in [1.29, 1.82) is 5.26 Å². The number of hydrogen-bond donors (Lipinski definition) is 1. The molecule has 25 heavy (non-hydrogen) atoms. The van der Waals surface area contributed by atoms with E-state index >= 15 is 0 Å². The van der Waals surface area contributed by atoms with Crippen LogP contribution < -0.4 is 5.32 Å². The Kier molecular flexibility index (Phi) is 4.50. The number of hydrogen-bond acceptors (Lipinski definition) is 4. The number of aryl methyl sites for hydroxylation is 1. The number of imidazole rings is 1. The van der Waals surface area contributed by atoms with Crippen LogP contribution in [0.4, 0.5) is 5.69 Å². The number of benzene rings is 1. The topological polar surface area (TPSA) is 83.6 Å². The van der Waals surface area contributed by atoms with E-state index in [1.165, 1.54) is 12.3 Å². The molecule has 0 unspecified atom stereocenters. The first-order valence-electron chi connectivity index (χ1n) is 7.45. The first-order chi connectivity index (χ1) is 12.0.